The Bertz CT molecular complexity index is 579. The van der Waals surface area contributed by atoms with Crippen LogP contribution in [0.1, 0.15) is 0 Å². The van der Waals surface area contributed by atoms with Crippen molar-refractivity contribution in [3.8, 4) is 22.9 Å². The van der Waals surface area contributed by atoms with Crippen LogP contribution in [-0.4, -0.2) is 35.0 Å². The average molecular weight is 246 g/mol. The summed E-state index contributed by atoms with van der Waals surface area (Å²) in [6.45, 7) is 1.18. The molecule has 1 aliphatic heterocycles. The van der Waals surface area contributed by atoms with Gasteiger partial charge < -0.3 is 14.8 Å². The van der Waals surface area contributed by atoms with Gasteiger partial charge >= 0.3 is 0 Å². The lowest BCUT2D eigenvalue weighted by atomic mass is 10.2. The van der Waals surface area contributed by atoms with Gasteiger partial charge in [-0.3, -0.25) is 4.57 Å². The molecule has 0 radical (unpaired) electrons. The molecule has 6 heteroatoms. The van der Waals surface area contributed by atoms with Gasteiger partial charge in [-0.2, -0.15) is 0 Å². The Morgan fingerprint density at radius 1 is 1.17 bits per heavy atom. The highest BCUT2D eigenvalue weighted by Gasteiger charge is 2.15. The SMILES string of the molecule is CNc1nnc(-c2ccc3c(c2)OCCO3)n1C. The van der Waals surface area contributed by atoms with Crippen LogP contribution in [0.5, 0.6) is 11.5 Å². The van der Waals surface area contributed by atoms with Gasteiger partial charge in [0.15, 0.2) is 17.3 Å². The zero-order valence-electron chi connectivity index (χ0n) is 10.3. The molecule has 0 fully saturated rings. The number of aromatic nitrogens is 3. The molecular formula is C12H14N4O2. The highest BCUT2D eigenvalue weighted by Crippen LogP contribution is 2.34. The second-order valence-electron chi connectivity index (χ2n) is 4.01. The molecule has 0 amide bonds. The number of rotatable bonds is 2. The zero-order chi connectivity index (χ0) is 12.5. The second-order valence-corrected chi connectivity index (χ2v) is 4.01. The van der Waals surface area contributed by atoms with Crippen LogP contribution in [0, 0.1) is 0 Å². The summed E-state index contributed by atoms with van der Waals surface area (Å²) >= 11 is 0. The van der Waals surface area contributed by atoms with E-state index in [1.807, 2.05) is 36.9 Å². The summed E-state index contributed by atoms with van der Waals surface area (Å²) in [7, 11) is 3.73. The van der Waals surface area contributed by atoms with E-state index in [0.29, 0.717) is 13.2 Å². The van der Waals surface area contributed by atoms with E-state index in [2.05, 4.69) is 15.5 Å². The zero-order valence-corrected chi connectivity index (χ0v) is 10.3. The third kappa shape index (κ3) is 1.66. The fraction of sp³-hybridized carbons (Fsp3) is 0.333. The number of fused-ring (bicyclic) bond motifs is 1. The fourth-order valence-electron chi connectivity index (χ4n) is 1.98. The van der Waals surface area contributed by atoms with Gasteiger partial charge in [-0.05, 0) is 18.2 Å². The maximum Gasteiger partial charge on any atom is 0.224 e. The number of ether oxygens (including phenoxy) is 2. The summed E-state index contributed by atoms with van der Waals surface area (Å²) < 4.78 is 12.9. The fourth-order valence-corrected chi connectivity index (χ4v) is 1.98. The molecule has 1 aliphatic rings. The highest BCUT2D eigenvalue weighted by atomic mass is 16.6. The van der Waals surface area contributed by atoms with Gasteiger partial charge in [0.1, 0.15) is 13.2 Å². The topological polar surface area (TPSA) is 61.2 Å². The maximum atomic E-state index is 5.56. The molecule has 0 aliphatic carbocycles. The van der Waals surface area contributed by atoms with Crippen molar-refractivity contribution in [3.63, 3.8) is 0 Å². The van der Waals surface area contributed by atoms with Gasteiger partial charge in [-0.15, -0.1) is 10.2 Å². The first-order chi connectivity index (χ1) is 8.79. The lowest BCUT2D eigenvalue weighted by Gasteiger charge is -2.18. The number of anilines is 1. The van der Waals surface area contributed by atoms with E-state index >= 15 is 0 Å². The van der Waals surface area contributed by atoms with Crippen molar-refractivity contribution in [3.05, 3.63) is 18.2 Å². The van der Waals surface area contributed by atoms with E-state index in [-0.39, 0.29) is 0 Å². The molecule has 94 valence electrons. The van der Waals surface area contributed by atoms with E-state index < -0.39 is 0 Å². The Morgan fingerprint density at radius 2 is 1.94 bits per heavy atom. The van der Waals surface area contributed by atoms with E-state index in [9.17, 15) is 0 Å². The minimum atomic E-state index is 0.580. The molecule has 3 rings (SSSR count). The van der Waals surface area contributed by atoms with Crippen LogP contribution >= 0.6 is 0 Å². The molecule has 0 spiro atoms. The number of hydrogen-bond acceptors (Lipinski definition) is 5. The van der Waals surface area contributed by atoms with Crippen molar-refractivity contribution >= 4 is 5.95 Å². The summed E-state index contributed by atoms with van der Waals surface area (Å²) in [6.07, 6.45) is 0. The van der Waals surface area contributed by atoms with E-state index in [0.717, 1.165) is 28.8 Å². The van der Waals surface area contributed by atoms with Crippen LogP contribution in [0.3, 0.4) is 0 Å². The van der Waals surface area contributed by atoms with E-state index in [4.69, 9.17) is 9.47 Å². The van der Waals surface area contributed by atoms with Crippen molar-refractivity contribution < 1.29 is 9.47 Å². The average Bonchev–Trinajstić information content (AvgIpc) is 2.79. The second kappa shape index (κ2) is 4.21. The van der Waals surface area contributed by atoms with Crippen molar-refractivity contribution in [1.29, 1.82) is 0 Å². The predicted octanol–water partition coefficient (Wildman–Crippen LogP) is 1.29. The summed E-state index contributed by atoms with van der Waals surface area (Å²) in [5, 5.41) is 11.2. The van der Waals surface area contributed by atoms with Crippen LogP contribution < -0.4 is 14.8 Å². The Labute approximate surface area is 105 Å². The number of nitrogens with one attached hydrogen (secondary N) is 1. The van der Waals surface area contributed by atoms with Crippen LogP contribution in [0.2, 0.25) is 0 Å². The van der Waals surface area contributed by atoms with Crippen molar-refractivity contribution in [1.82, 2.24) is 14.8 Å². The summed E-state index contributed by atoms with van der Waals surface area (Å²) in [5.74, 6) is 3.05. The first kappa shape index (κ1) is 10.9. The van der Waals surface area contributed by atoms with E-state index in [1.165, 1.54) is 0 Å². The van der Waals surface area contributed by atoms with Crippen molar-refractivity contribution in [2.24, 2.45) is 7.05 Å². The monoisotopic (exact) mass is 246 g/mol. The molecule has 0 saturated carbocycles. The first-order valence-corrected chi connectivity index (χ1v) is 5.77. The van der Waals surface area contributed by atoms with Gasteiger partial charge in [0.25, 0.3) is 0 Å². The molecular weight excluding hydrogens is 232 g/mol. The Kier molecular flexibility index (Phi) is 2.55. The maximum absolute atomic E-state index is 5.56. The molecule has 18 heavy (non-hydrogen) atoms. The largest absolute Gasteiger partial charge is 0.486 e. The molecule has 0 atom stereocenters. The lowest BCUT2D eigenvalue weighted by molar-refractivity contribution is 0.171. The van der Waals surface area contributed by atoms with Crippen molar-refractivity contribution in [2.75, 3.05) is 25.6 Å². The van der Waals surface area contributed by atoms with Gasteiger partial charge in [0.2, 0.25) is 5.95 Å². The van der Waals surface area contributed by atoms with Crippen LogP contribution in [0.25, 0.3) is 11.4 Å². The van der Waals surface area contributed by atoms with E-state index in [1.54, 1.807) is 0 Å². The molecule has 1 aromatic carbocycles. The number of hydrogen-bond donors (Lipinski definition) is 1. The molecule has 2 aromatic rings. The van der Waals surface area contributed by atoms with Gasteiger partial charge in [-0.1, -0.05) is 0 Å². The molecule has 0 saturated heterocycles. The quantitative estimate of drug-likeness (QED) is 0.865. The third-order valence-corrected chi connectivity index (χ3v) is 2.90. The smallest absolute Gasteiger partial charge is 0.224 e. The molecule has 2 heterocycles. The lowest BCUT2D eigenvalue weighted by Crippen LogP contribution is -2.15. The molecule has 0 bridgehead atoms. The van der Waals surface area contributed by atoms with Gasteiger partial charge in [0, 0.05) is 19.7 Å². The van der Waals surface area contributed by atoms with Crippen LogP contribution in [0.15, 0.2) is 18.2 Å². The Hall–Kier alpha value is -2.24. The molecule has 6 nitrogen and oxygen atoms in total. The number of benzene rings is 1. The Balaban J connectivity index is 2.03. The Morgan fingerprint density at radius 3 is 2.67 bits per heavy atom. The highest BCUT2D eigenvalue weighted by molar-refractivity contribution is 5.62. The molecule has 1 N–H and O–H groups in total. The third-order valence-electron chi connectivity index (χ3n) is 2.90. The van der Waals surface area contributed by atoms with Gasteiger partial charge in [-0.25, -0.2) is 0 Å². The molecule has 0 unspecified atom stereocenters. The minimum Gasteiger partial charge on any atom is -0.486 e. The first-order valence-electron chi connectivity index (χ1n) is 5.77. The van der Waals surface area contributed by atoms with Crippen LogP contribution in [0.4, 0.5) is 5.95 Å². The predicted molar refractivity (Wildman–Crippen MR) is 67.0 cm³/mol. The minimum absolute atomic E-state index is 0.580. The number of nitrogens with zero attached hydrogens (tertiary/aromatic N) is 3. The normalized spacial score (nSPS) is 13.4. The van der Waals surface area contributed by atoms with Gasteiger partial charge in [0.05, 0.1) is 0 Å². The summed E-state index contributed by atoms with van der Waals surface area (Å²) in [6, 6.07) is 5.78. The van der Waals surface area contributed by atoms with Crippen LogP contribution in [-0.2, 0) is 7.05 Å². The summed E-state index contributed by atoms with van der Waals surface area (Å²) in [5.41, 5.74) is 0.954. The summed E-state index contributed by atoms with van der Waals surface area (Å²) in [4.78, 5) is 0. The van der Waals surface area contributed by atoms with Crippen molar-refractivity contribution in [2.45, 2.75) is 0 Å². The molecule has 1 aromatic heterocycles. The standard InChI is InChI=1S/C12H14N4O2/c1-13-12-15-14-11(16(12)2)8-3-4-9-10(7-8)18-6-5-17-9/h3-4,7H,5-6H2,1-2H3,(H,13,15).